The van der Waals surface area contributed by atoms with Crippen molar-refractivity contribution in [1.29, 1.82) is 0 Å². The van der Waals surface area contributed by atoms with Crippen molar-refractivity contribution in [3.05, 3.63) is 0 Å². The lowest BCUT2D eigenvalue weighted by atomic mass is 10.1. The van der Waals surface area contributed by atoms with E-state index in [2.05, 4.69) is 25.9 Å². The molecular weight excluding hydrogens is 480 g/mol. The SMILES string of the molecule is NC(N)=NCCCC(N)C(=O)NC(CCCN=C(N)N)C(=O)NC(CCC(=O)O)C(=O)NCC(=O)O. The number of aliphatic imine (C=N–C) groups is 2. The molecule has 36 heavy (non-hydrogen) atoms. The van der Waals surface area contributed by atoms with Gasteiger partial charge in [0.2, 0.25) is 17.7 Å². The van der Waals surface area contributed by atoms with Gasteiger partial charge in [-0.25, -0.2) is 0 Å². The average molecular weight is 517 g/mol. The summed E-state index contributed by atoms with van der Waals surface area (Å²) in [7, 11) is 0. The fourth-order valence-corrected chi connectivity index (χ4v) is 2.80. The lowest BCUT2D eigenvalue weighted by Gasteiger charge is -2.24. The second-order valence-electron chi connectivity index (χ2n) is 7.67. The fourth-order valence-electron chi connectivity index (χ4n) is 2.80. The number of aliphatic carboxylic acids is 2. The molecule has 0 aliphatic carbocycles. The fraction of sp³-hybridized carbons (Fsp3) is 0.632. The van der Waals surface area contributed by atoms with Crippen LogP contribution >= 0.6 is 0 Å². The van der Waals surface area contributed by atoms with E-state index in [1.165, 1.54) is 0 Å². The van der Waals surface area contributed by atoms with Crippen LogP contribution in [0.3, 0.4) is 0 Å². The molecule has 15 N–H and O–H groups in total. The van der Waals surface area contributed by atoms with Gasteiger partial charge in [-0.05, 0) is 32.1 Å². The summed E-state index contributed by atoms with van der Waals surface area (Å²) in [5.74, 6) is -5.17. The minimum atomic E-state index is -1.36. The monoisotopic (exact) mass is 516 g/mol. The Labute approximate surface area is 207 Å². The largest absolute Gasteiger partial charge is 0.481 e. The molecule has 0 saturated heterocycles. The lowest BCUT2D eigenvalue weighted by molar-refractivity contribution is -0.140. The highest BCUT2D eigenvalue weighted by molar-refractivity contribution is 5.93. The Bertz CT molecular complexity index is 825. The van der Waals surface area contributed by atoms with Gasteiger partial charge in [-0.2, -0.15) is 0 Å². The molecule has 0 rings (SSSR count). The van der Waals surface area contributed by atoms with E-state index >= 15 is 0 Å². The average Bonchev–Trinajstić information content (AvgIpc) is 2.78. The molecule has 0 bridgehead atoms. The van der Waals surface area contributed by atoms with E-state index in [0.29, 0.717) is 6.42 Å². The van der Waals surface area contributed by atoms with E-state index in [-0.39, 0.29) is 50.7 Å². The molecule has 0 fully saturated rings. The molecule has 3 atom stereocenters. The molecule has 3 unspecified atom stereocenters. The zero-order valence-corrected chi connectivity index (χ0v) is 19.8. The Morgan fingerprint density at radius 2 is 1.19 bits per heavy atom. The Balaban J connectivity index is 5.38. The van der Waals surface area contributed by atoms with Crippen LogP contribution in [-0.4, -0.2) is 89.6 Å². The number of rotatable bonds is 18. The number of nitrogens with two attached hydrogens (primary N) is 5. The van der Waals surface area contributed by atoms with Crippen molar-refractivity contribution in [3.8, 4) is 0 Å². The molecule has 0 aromatic carbocycles. The van der Waals surface area contributed by atoms with Crippen LogP contribution in [0.5, 0.6) is 0 Å². The number of carbonyl (C=O) groups excluding carboxylic acids is 3. The summed E-state index contributed by atoms with van der Waals surface area (Å²) in [4.78, 5) is 67.0. The summed E-state index contributed by atoms with van der Waals surface area (Å²) in [6.45, 7) is -0.331. The topological polar surface area (TPSA) is 317 Å². The number of hydrogen-bond acceptors (Lipinski definition) is 8. The maximum Gasteiger partial charge on any atom is 0.322 e. The highest BCUT2D eigenvalue weighted by atomic mass is 16.4. The van der Waals surface area contributed by atoms with Gasteiger partial charge in [0.25, 0.3) is 0 Å². The first-order chi connectivity index (χ1) is 16.8. The predicted octanol–water partition coefficient (Wildman–Crippen LogP) is -4.54. The van der Waals surface area contributed by atoms with E-state index in [4.69, 9.17) is 38.9 Å². The molecule has 0 saturated carbocycles. The van der Waals surface area contributed by atoms with Crippen LogP contribution < -0.4 is 44.6 Å². The second kappa shape index (κ2) is 17.3. The molecule has 0 aliphatic heterocycles. The van der Waals surface area contributed by atoms with E-state index in [1.54, 1.807) is 0 Å². The summed E-state index contributed by atoms with van der Waals surface area (Å²) in [5, 5.41) is 24.6. The maximum absolute atomic E-state index is 12.9. The van der Waals surface area contributed by atoms with Crippen LogP contribution in [0.4, 0.5) is 0 Å². The first-order valence-electron chi connectivity index (χ1n) is 11.0. The zero-order valence-electron chi connectivity index (χ0n) is 19.8. The number of nitrogens with zero attached hydrogens (tertiary/aromatic N) is 2. The first kappa shape index (κ1) is 31.9. The maximum atomic E-state index is 12.9. The normalized spacial score (nSPS) is 12.8. The number of carboxylic acid groups (broad SMARTS) is 2. The standard InChI is InChI=1S/C19H36N10O7/c20-10(3-1-7-25-18(21)22)15(34)28-11(4-2-8-26-19(23)24)17(36)29-12(5-6-13(30)31)16(35)27-9-14(32)33/h10-12H,1-9,20H2,(H,27,35)(H,28,34)(H,29,36)(H,30,31)(H,32,33)(H4,21,22,25)(H4,23,24,26). The smallest absolute Gasteiger partial charge is 0.322 e. The lowest BCUT2D eigenvalue weighted by Crippen LogP contribution is -2.56. The highest BCUT2D eigenvalue weighted by Crippen LogP contribution is 2.05. The number of hydrogen-bond donors (Lipinski definition) is 10. The number of amides is 3. The number of guanidine groups is 2. The zero-order chi connectivity index (χ0) is 27.7. The molecule has 204 valence electrons. The van der Waals surface area contributed by atoms with Crippen molar-refractivity contribution >= 4 is 41.6 Å². The Kier molecular flexibility index (Phi) is 15.3. The van der Waals surface area contributed by atoms with Gasteiger partial charge >= 0.3 is 11.9 Å². The van der Waals surface area contributed by atoms with E-state index in [0.717, 1.165) is 0 Å². The molecular formula is C19H36N10O7. The summed E-state index contributed by atoms with van der Waals surface area (Å²) in [6, 6.07) is -3.53. The van der Waals surface area contributed by atoms with Crippen molar-refractivity contribution < 1.29 is 34.2 Å². The van der Waals surface area contributed by atoms with Gasteiger partial charge in [-0.3, -0.25) is 34.0 Å². The van der Waals surface area contributed by atoms with Crippen molar-refractivity contribution in [2.45, 2.75) is 56.7 Å². The van der Waals surface area contributed by atoms with E-state index in [9.17, 15) is 24.0 Å². The van der Waals surface area contributed by atoms with Gasteiger partial charge in [0, 0.05) is 19.5 Å². The molecule has 0 aromatic rings. The molecule has 17 nitrogen and oxygen atoms in total. The van der Waals surface area contributed by atoms with Crippen molar-refractivity contribution in [1.82, 2.24) is 16.0 Å². The van der Waals surface area contributed by atoms with E-state index < -0.39 is 60.8 Å². The van der Waals surface area contributed by atoms with Gasteiger partial charge < -0.3 is 54.8 Å². The predicted molar refractivity (Wildman–Crippen MR) is 129 cm³/mol. The summed E-state index contributed by atoms with van der Waals surface area (Å²) in [5.41, 5.74) is 26.9. The third-order valence-corrected chi connectivity index (χ3v) is 4.58. The van der Waals surface area contributed by atoms with Crippen LogP contribution in [-0.2, 0) is 24.0 Å². The van der Waals surface area contributed by atoms with Crippen molar-refractivity contribution in [3.63, 3.8) is 0 Å². The molecule has 17 heteroatoms. The molecule has 0 heterocycles. The molecule has 3 amide bonds. The van der Waals surface area contributed by atoms with Gasteiger partial charge in [0.1, 0.15) is 18.6 Å². The third kappa shape index (κ3) is 15.6. The van der Waals surface area contributed by atoms with Crippen molar-refractivity contribution in [2.24, 2.45) is 38.7 Å². The van der Waals surface area contributed by atoms with Crippen LogP contribution in [0.1, 0.15) is 38.5 Å². The van der Waals surface area contributed by atoms with E-state index in [1.807, 2.05) is 0 Å². The van der Waals surface area contributed by atoms with Gasteiger partial charge in [-0.15, -0.1) is 0 Å². The minimum absolute atomic E-state index is 0.0530. The van der Waals surface area contributed by atoms with Crippen LogP contribution in [0.15, 0.2) is 9.98 Å². The van der Waals surface area contributed by atoms with Crippen LogP contribution in [0.25, 0.3) is 0 Å². The first-order valence-corrected chi connectivity index (χ1v) is 11.0. The Morgan fingerprint density at radius 3 is 1.69 bits per heavy atom. The summed E-state index contributed by atoms with van der Waals surface area (Å²) >= 11 is 0. The molecule has 0 radical (unpaired) electrons. The van der Waals surface area contributed by atoms with Gasteiger partial charge in [0.15, 0.2) is 11.9 Å². The highest BCUT2D eigenvalue weighted by Gasteiger charge is 2.28. The minimum Gasteiger partial charge on any atom is -0.481 e. The molecule has 0 spiro atoms. The van der Waals surface area contributed by atoms with Crippen LogP contribution in [0.2, 0.25) is 0 Å². The second-order valence-corrected chi connectivity index (χ2v) is 7.67. The summed E-state index contributed by atoms with van der Waals surface area (Å²) in [6.07, 6.45) is 0.135. The number of nitrogens with one attached hydrogen (secondary N) is 3. The number of carboxylic acids is 2. The van der Waals surface area contributed by atoms with Gasteiger partial charge in [0.05, 0.1) is 6.04 Å². The van der Waals surface area contributed by atoms with Crippen molar-refractivity contribution in [2.75, 3.05) is 19.6 Å². The molecule has 0 aliphatic rings. The summed E-state index contributed by atoms with van der Waals surface area (Å²) < 4.78 is 0. The quantitative estimate of drug-likeness (QED) is 0.0467. The Morgan fingerprint density at radius 1 is 0.694 bits per heavy atom. The van der Waals surface area contributed by atoms with Gasteiger partial charge in [-0.1, -0.05) is 0 Å². The molecule has 0 aromatic heterocycles. The van der Waals surface area contributed by atoms with Crippen LogP contribution in [0, 0.1) is 0 Å². The number of carbonyl (C=O) groups is 5. The third-order valence-electron chi connectivity index (χ3n) is 4.58. The Hall–Kier alpha value is -4.15.